The second-order valence-corrected chi connectivity index (χ2v) is 5.41. The molecule has 0 saturated heterocycles. The molecule has 0 aliphatic carbocycles. The lowest BCUT2D eigenvalue weighted by Gasteiger charge is -2.12. The number of hydrogen-bond donors (Lipinski definition) is 2. The number of carbonyl (C=O) groups excluding carboxylic acids is 1. The SMILES string of the molecule is N[C@H](CCc1ccccc1)C(=O)Nc1cnc2ccncc2c1. The fourth-order valence-electron chi connectivity index (χ4n) is 2.37. The smallest absolute Gasteiger partial charge is 0.241 e. The molecule has 116 valence electrons. The van der Waals surface area contributed by atoms with E-state index in [-0.39, 0.29) is 5.91 Å². The third-order valence-electron chi connectivity index (χ3n) is 3.67. The summed E-state index contributed by atoms with van der Waals surface area (Å²) in [7, 11) is 0. The average molecular weight is 306 g/mol. The number of fused-ring (bicyclic) bond motifs is 1. The number of aryl methyl sites for hydroxylation is 1. The number of aromatic nitrogens is 2. The second-order valence-electron chi connectivity index (χ2n) is 5.41. The van der Waals surface area contributed by atoms with Crippen molar-refractivity contribution in [3.63, 3.8) is 0 Å². The van der Waals surface area contributed by atoms with Crippen molar-refractivity contribution in [2.75, 3.05) is 5.32 Å². The highest BCUT2D eigenvalue weighted by molar-refractivity contribution is 5.96. The van der Waals surface area contributed by atoms with Crippen LogP contribution in [0.15, 0.2) is 61.1 Å². The molecular weight excluding hydrogens is 288 g/mol. The van der Waals surface area contributed by atoms with Gasteiger partial charge in [0, 0.05) is 17.8 Å². The first kappa shape index (κ1) is 15.1. The van der Waals surface area contributed by atoms with Gasteiger partial charge in [0.15, 0.2) is 0 Å². The van der Waals surface area contributed by atoms with Crippen molar-refractivity contribution in [1.29, 1.82) is 0 Å². The lowest BCUT2D eigenvalue weighted by molar-refractivity contribution is -0.117. The summed E-state index contributed by atoms with van der Waals surface area (Å²) in [5.41, 5.74) is 8.63. The van der Waals surface area contributed by atoms with Gasteiger partial charge in [-0.3, -0.25) is 14.8 Å². The number of nitrogens with two attached hydrogens (primary N) is 1. The lowest BCUT2D eigenvalue weighted by atomic mass is 10.1. The summed E-state index contributed by atoms with van der Waals surface area (Å²) >= 11 is 0. The second kappa shape index (κ2) is 6.98. The Hall–Kier alpha value is -2.79. The van der Waals surface area contributed by atoms with E-state index in [1.165, 1.54) is 5.56 Å². The van der Waals surface area contributed by atoms with Crippen LogP contribution in [0.3, 0.4) is 0 Å². The van der Waals surface area contributed by atoms with Crippen molar-refractivity contribution < 1.29 is 4.79 Å². The number of benzene rings is 1. The molecule has 0 unspecified atom stereocenters. The Kier molecular flexibility index (Phi) is 4.59. The number of amides is 1. The van der Waals surface area contributed by atoms with Crippen molar-refractivity contribution in [2.24, 2.45) is 5.73 Å². The first-order valence-electron chi connectivity index (χ1n) is 7.52. The van der Waals surface area contributed by atoms with Crippen LogP contribution in [0.4, 0.5) is 5.69 Å². The summed E-state index contributed by atoms with van der Waals surface area (Å²) in [6.07, 6.45) is 6.40. The Balaban J connectivity index is 1.60. The monoisotopic (exact) mass is 306 g/mol. The maximum Gasteiger partial charge on any atom is 0.241 e. The van der Waals surface area contributed by atoms with Crippen molar-refractivity contribution >= 4 is 22.5 Å². The van der Waals surface area contributed by atoms with Gasteiger partial charge in [0.05, 0.1) is 23.4 Å². The number of rotatable bonds is 5. The van der Waals surface area contributed by atoms with Crippen LogP contribution in [0.25, 0.3) is 10.9 Å². The fraction of sp³-hybridized carbons (Fsp3) is 0.167. The molecule has 23 heavy (non-hydrogen) atoms. The van der Waals surface area contributed by atoms with Gasteiger partial charge in [0.2, 0.25) is 5.91 Å². The maximum atomic E-state index is 12.2. The number of pyridine rings is 2. The lowest BCUT2D eigenvalue weighted by Crippen LogP contribution is -2.36. The normalized spacial score (nSPS) is 12.0. The molecule has 0 aliphatic rings. The largest absolute Gasteiger partial charge is 0.323 e. The number of carbonyl (C=O) groups is 1. The van der Waals surface area contributed by atoms with Gasteiger partial charge in [-0.05, 0) is 30.5 Å². The first-order chi connectivity index (χ1) is 11.2. The third-order valence-corrected chi connectivity index (χ3v) is 3.67. The van der Waals surface area contributed by atoms with E-state index in [1.54, 1.807) is 18.6 Å². The molecule has 1 amide bonds. The minimum absolute atomic E-state index is 0.203. The number of anilines is 1. The summed E-state index contributed by atoms with van der Waals surface area (Å²) in [5, 5.41) is 3.69. The summed E-state index contributed by atoms with van der Waals surface area (Å²) in [6.45, 7) is 0. The minimum atomic E-state index is -0.556. The predicted molar refractivity (Wildman–Crippen MR) is 90.9 cm³/mol. The van der Waals surface area contributed by atoms with E-state index in [2.05, 4.69) is 15.3 Å². The van der Waals surface area contributed by atoms with E-state index in [1.807, 2.05) is 42.5 Å². The Morgan fingerprint density at radius 1 is 1.17 bits per heavy atom. The summed E-state index contributed by atoms with van der Waals surface area (Å²) < 4.78 is 0. The van der Waals surface area contributed by atoms with E-state index in [0.29, 0.717) is 12.1 Å². The predicted octanol–water partition coefficient (Wildman–Crippen LogP) is 2.53. The highest BCUT2D eigenvalue weighted by Gasteiger charge is 2.14. The maximum absolute atomic E-state index is 12.2. The summed E-state index contributed by atoms with van der Waals surface area (Å²) in [5.74, 6) is -0.203. The molecule has 2 aromatic heterocycles. The van der Waals surface area contributed by atoms with Gasteiger partial charge in [-0.1, -0.05) is 30.3 Å². The van der Waals surface area contributed by atoms with E-state index < -0.39 is 6.04 Å². The first-order valence-corrected chi connectivity index (χ1v) is 7.52. The quantitative estimate of drug-likeness (QED) is 0.759. The molecule has 2 heterocycles. The van der Waals surface area contributed by atoms with Crippen LogP contribution < -0.4 is 11.1 Å². The molecule has 5 nitrogen and oxygen atoms in total. The van der Waals surface area contributed by atoms with Gasteiger partial charge >= 0.3 is 0 Å². The minimum Gasteiger partial charge on any atom is -0.323 e. The fourth-order valence-corrected chi connectivity index (χ4v) is 2.37. The topological polar surface area (TPSA) is 80.9 Å². The van der Waals surface area contributed by atoms with E-state index in [9.17, 15) is 4.79 Å². The van der Waals surface area contributed by atoms with Crippen LogP contribution in [0, 0.1) is 0 Å². The Morgan fingerprint density at radius 3 is 2.83 bits per heavy atom. The Labute approximate surface area is 134 Å². The van der Waals surface area contributed by atoms with E-state index >= 15 is 0 Å². The summed E-state index contributed by atoms with van der Waals surface area (Å²) in [4.78, 5) is 20.5. The number of hydrogen-bond acceptors (Lipinski definition) is 4. The zero-order valence-electron chi connectivity index (χ0n) is 12.6. The van der Waals surface area contributed by atoms with Crippen molar-refractivity contribution in [3.8, 4) is 0 Å². The van der Waals surface area contributed by atoms with Crippen LogP contribution in [-0.2, 0) is 11.2 Å². The number of nitrogens with zero attached hydrogens (tertiary/aromatic N) is 2. The van der Waals surface area contributed by atoms with Gasteiger partial charge in [-0.2, -0.15) is 0 Å². The van der Waals surface area contributed by atoms with Crippen LogP contribution in [0.1, 0.15) is 12.0 Å². The molecule has 3 aromatic rings. The molecule has 0 radical (unpaired) electrons. The molecule has 5 heteroatoms. The van der Waals surface area contributed by atoms with Gasteiger partial charge in [0.25, 0.3) is 0 Å². The van der Waals surface area contributed by atoms with Crippen LogP contribution in [0.2, 0.25) is 0 Å². The van der Waals surface area contributed by atoms with Crippen molar-refractivity contribution in [3.05, 3.63) is 66.6 Å². The molecule has 1 aromatic carbocycles. The molecule has 1 atom stereocenters. The highest BCUT2D eigenvalue weighted by atomic mass is 16.2. The molecule has 0 saturated carbocycles. The van der Waals surface area contributed by atoms with Crippen LogP contribution in [-0.4, -0.2) is 21.9 Å². The Bertz CT molecular complexity index is 804. The van der Waals surface area contributed by atoms with E-state index in [4.69, 9.17) is 5.73 Å². The molecule has 0 spiro atoms. The highest BCUT2D eigenvalue weighted by Crippen LogP contribution is 2.15. The number of nitrogens with one attached hydrogen (secondary N) is 1. The Morgan fingerprint density at radius 2 is 2.00 bits per heavy atom. The van der Waals surface area contributed by atoms with Gasteiger partial charge in [-0.25, -0.2) is 0 Å². The standard InChI is InChI=1S/C18H18N4O/c19-16(7-6-13-4-2-1-3-5-13)18(23)22-15-10-14-11-20-9-8-17(14)21-12-15/h1-5,8-12,16H,6-7,19H2,(H,22,23)/t16-/m1/s1. The molecular formula is C18H18N4O. The molecule has 0 fully saturated rings. The molecule has 0 aliphatic heterocycles. The summed E-state index contributed by atoms with van der Waals surface area (Å²) in [6, 6.07) is 13.1. The molecule has 3 N–H and O–H groups in total. The zero-order valence-corrected chi connectivity index (χ0v) is 12.6. The zero-order chi connectivity index (χ0) is 16.1. The van der Waals surface area contributed by atoms with Crippen molar-refractivity contribution in [1.82, 2.24) is 9.97 Å². The van der Waals surface area contributed by atoms with Gasteiger partial charge < -0.3 is 11.1 Å². The third kappa shape index (κ3) is 3.90. The van der Waals surface area contributed by atoms with Crippen molar-refractivity contribution in [2.45, 2.75) is 18.9 Å². The molecule has 3 rings (SSSR count). The molecule has 0 bridgehead atoms. The van der Waals surface area contributed by atoms with Gasteiger partial charge in [0.1, 0.15) is 0 Å². The average Bonchev–Trinajstić information content (AvgIpc) is 2.60. The van der Waals surface area contributed by atoms with Gasteiger partial charge in [-0.15, -0.1) is 0 Å². The van der Waals surface area contributed by atoms with E-state index in [0.717, 1.165) is 17.3 Å². The van der Waals surface area contributed by atoms with Crippen LogP contribution in [0.5, 0.6) is 0 Å². The van der Waals surface area contributed by atoms with Crippen LogP contribution >= 0.6 is 0 Å².